The first-order chi connectivity index (χ1) is 10.8. The van der Waals surface area contributed by atoms with Gasteiger partial charge in [0.2, 0.25) is 5.91 Å². The van der Waals surface area contributed by atoms with Crippen molar-refractivity contribution < 1.29 is 19.4 Å². The minimum absolute atomic E-state index is 0.177. The normalized spacial score (nSPS) is 15.8. The van der Waals surface area contributed by atoms with E-state index in [2.05, 4.69) is 13.8 Å². The van der Waals surface area contributed by atoms with Crippen LogP contribution in [0.3, 0.4) is 0 Å². The van der Waals surface area contributed by atoms with Gasteiger partial charge in [-0.2, -0.15) is 0 Å². The number of carbonyl (C=O) groups is 2. The molecule has 23 heavy (non-hydrogen) atoms. The van der Waals surface area contributed by atoms with Crippen LogP contribution in [0, 0.1) is 11.3 Å². The van der Waals surface area contributed by atoms with E-state index in [9.17, 15) is 9.59 Å². The second-order valence-electron chi connectivity index (χ2n) is 6.77. The number of hydrogen-bond acceptors (Lipinski definition) is 3. The summed E-state index contributed by atoms with van der Waals surface area (Å²) < 4.78 is 5.11. The summed E-state index contributed by atoms with van der Waals surface area (Å²) in [5, 5.41) is 8.61. The molecule has 0 radical (unpaired) electrons. The Morgan fingerprint density at radius 3 is 2.30 bits per heavy atom. The van der Waals surface area contributed by atoms with Crippen LogP contribution in [0.25, 0.3) is 0 Å². The number of amides is 1. The van der Waals surface area contributed by atoms with E-state index in [1.165, 1.54) is 0 Å². The largest absolute Gasteiger partial charge is 0.482 e. The number of anilines is 1. The number of nitrogens with zero attached hydrogens (tertiary/aromatic N) is 1. The first-order valence-electron chi connectivity index (χ1n) is 8.07. The lowest BCUT2D eigenvalue weighted by Gasteiger charge is -2.43. The zero-order valence-electron chi connectivity index (χ0n) is 14.0. The molecule has 1 fully saturated rings. The zero-order valence-corrected chi connectivity index (χ0v) is 14.0. The lowest BCUT2D eigenvalue weighted by atomic mass is 9.63. The minimum Gasteiger partial charge on any atom is -0.482 e. The van der Waals surface area contributed by atoms with Crippen molar-refractivity contribution in [3.05, 3.63) is 24.3 Å². The summed E-state index contributed by atoms with van der Waals surface area (Å²) in [6, 6.07) is 6.96. The maximum absolute atomic E-state index is 12.9. The number of benzene rings is 1. The molecule has 1 amide bonds. The molecule has 5 heteroatoms. The van der Waals surface area contributed by atoms with Crippen LogP contribution in [0.5, 0.6) is 5.75 Å². The van der Waals surface area contributed by atoms with Gasteiger partial charge < -0.3 is 14.7 Å². The van der Waals surface area contributed by atoms with Crippen molar-refractivity contribution in [3.8, 4) is 5.75 Å². The van der Waals surface area contributed by atoms with Crippen LogP contribution in [-0.4, -0.2) is 30.6 Å². The number of carboxylic acid groups (broad SMARTS) is 1. The van der Waals surface area contributed by atoms with Gasteiger partial charge >= 0.3 is 5.97 Å². The van der Waals surface area contributed by atoms with Crippen LogP contribution in [0.4, 0.5) is 5.69 Å². The molecule has 1 aliphatic carbocycles. The molecule has 1 N–H and O–H groups in total. The van der Waals surface area contributed by atoms with Crippen molar-refractivity contribution >= 4 is 17.6 Å². The SMILES string of the molecule is CC(C)CC1(C(=O)N(C)c2ccc(OCC(=O)O)cc2)CCC1. The quantitative estimate of drug-likeness (QED) is 0.837. The van der Waals surface area contributed by atoms with Gasteiger partial charge in [0.05, 0.1) is 0 Å². The fraction of sp³-hybridized carbons (Fsp3) is 0.556. The molecule has 0 unspecified atom stereocenters. The maximum Gasteiger partial charge on any atom is 0.341 e. The second kappa shape index (κ2) is 7.02. The van der Waals surface area contributed by atoms with Gasteiger partial charge in [0.1, 0.15) is 5.75 Å². The fourth-order valence-electron chi connectivity index (χ4n) is 3.27. The van der Waals surface area contributed by atoms with Crippen LogP contribution in [-0.2, 0) is 9.59 Å². The van der Waals surface area contributed by atoms with E-state index in [1.807, 2.05) is 0 Å². The lowest BCUT2D eigenvalue weighted by molar-refractivity contribution is -0.139. The molecule has 0 bridgehead atoms. The van der Waals surface area contributed by atoms with E-state index in [1.54, 1.807) is 36.2 Å². The summed E-state index contributed by atoms with van der Waals surface area (Å²) >= 11 is 0. The molecule has 0 spiro atoms. The summed E-state index contributed by atoms with van der Waals surface area (Å²) in [5.41, 5.74) is 0.592. The molecular formula is C18H25NO4. The first kappa shape index (κ1) is 17.3. The van der Waals surface area contributed by atoms with E-state index in [4.69, 9.17) is 9.84 Å². The zero-order chi connectivity index (χ0) is 17.0. The molecule has 1 saturated carbocycles. The molecule has 126 valence electrons. The predicted molar refractivity (Wildman–Crippen MR) is 88.7 cm³/mol. The van der Waals surface area contributed by atoms with Gasteiger partial charge in [-0.3, -0.25) is 4.79 Å². The Labute approximate surface area is 137 Å². The van der Waals surface area contributed by atoms with Crippen LogP contribution in [0.1, 0.15) is 39.5 Å². The number of carbonyl (C=O) groups excluding carboxylic acids is 1. The standard InChI is InChI=1S/C18H25NO4/c1-13(2)11-18(9-4-10-18)17(22)19(3)14-5-7-15(8-6-14)23-12-16(20)21/h5-8,13H,4,9-12H2,1-3H3,(H,20,21). The van der Waals surface area contributed by atoms with Gasteiger partial charge in [-0.1, -0.05) is 20.3 Å². The minimum atomic E-state index is -1.01. The molecule has 5 nitrogen and oxygen atoms in total. The third-order valence-corrected chi connectivity index (χ3v) is 4.45. The average molecular weight is 319 g/mol. The highest BCUT2D eigenvalue weighted by molar-refractivity contribution is 5.97. The highest BCUT2D eigenvalue weighted by Gasteiger charge is 2.45. The smallest absolute Gasteiger partial charge is 0.341 e. The Morgan fingerprint density at radius 1 is 1.26 bits per heavy atom. The van der Waals surface area contributed by atoms with Crippen molar-refractivity contribution in [2.24, 2.45) is 11.3 Å². The number of rotatable bonds is 7. The number of carboxylic acids is 1. The summed E-state index contributed by atoms with van der Waals surface area (Å²) in [6.45, 7) is 3.94. The van der Waals surface area contributed by atoms with Crippen LogP contribution in [0.15, 0.2) is 24.3 Å². The molecule has 1 aromatic rings. The molecule has 1 aromatic carbocycles. The molecule has 0 aromatic heterocycles. The fourth-order valence-corrected chi connectivity index (χ4v) is 3.27. The van der Waals surface area contributed by atoms with Gasteiger partial charge in [-0.15, -0.1) is 0 Å². The van der Waals surface area contributed by atoms with Crippen molar-refractivity contribution in [2.45, 2.75) is 39.5 Å². The van der Waals surface area contributed by atoms with Gasteiger partial charge in [0, 0.05) is 18.2 Å². The van der Waals surface area contributed by atoms with Gasteiger partial charge in [-0.05, 0) is 49.4 Å². The van der Waals surface area contributed by atoms with E-state index in [-0.39, 0.29) is 17.9 Å². The average Bonchev–Trinajstić information content (AvgIpc) is 2.47. The van der Waals surface area contributed by atoms with Gasteiger partial charge in [0.15, 0.2) is 6.61 Å². The molecule has 0 aliphatic heterocycles. The molecule has 1 aliphatic rings. The molecule has 0 heterocycles. The summed E-state index contributed by atoms with van der Waals surface area (Å²) in [6.07, 6.45) is 3.98. The van der Waals surface area contributed by atoms with E-state index >= 15 is 0 Å². The van der Waals surface area contributed by atoms with Crippen LogP contribution < -0.4 is 9.64 Å². The topological polar surface area (TPSA) is 66.8 Å². The van der Waals surface area contributed by atoms with Crippen molar-refractivity contribution in [1.82, 2.24) is 0 Å². The maximum atomic E-state index is 12.9. The Bertz CT molecular complexity index is 561. The predicted octanol–water partition coefficient (Wildman–Crippen LogP) is 3.33. The third-order valence-electron chi connectivity index (χ3n) is 4.45. The van der Waals surface area contributed by atoms with E-state index in [0.29, 0.717) is 11.7 Å². The van der Waals surface area contributed by atoms with E-state index in [0.717, 1.165) is 31.4 Å². The molecule has 2 rings (SSSR count). The number of ether oxygens (including phenoxy) is 1. The Kier molecular flexibility index (Phi) is 5.29. The van der Waals surface area contributed by atoms with Crippen molar-refractivity contribution in [3.63, 3.8) is 0 Å². The Morgan fingerprint density at radius 2 is 1.87 bits per heavy atom. The first-order valence-corrected chi connectivity index (χ1v) is 8.07. The summed E-state index contributed by atoms with van der Waals surface area (Å²) in [7, 11) is 1.80. The highest BCUT2D eigenvalue weighted by atomic mass is 16.5. The third kappa shape index (κ3) is 4.03. The highest BCUT2D eigenvalue weighted by Crippen LogP contribution is 2.47. The molecule has 0 atom stereocenters. The monoisotopic (exact) mass is 319 g/mol. The summed E-state index contributed by atoms with van der Waals surface area (Å²) in [5.74, 6) is 0.149. The van der Waals surface area contributed by atoms with Gasteiger partial charge in [-0.25, -0.2) is 4.79 Å². The van der Waals surface area contributed by atoms with Crippen molar-refractivity contribution in [1.29, 1.82) is 0 Å². The van der Waals surface area contributed by atoms with Gasteiger partial charge in [0.25, 0.3) is 0 Å². The lowest BCUT2D eigenvalue weighted by Crippen LogP contribution is -2.47. The van der Waals surface area contributed by atoms with Crippen molar-refractivity contribution in [2.75, 3.05) is 18.6 Å². The van der Waals surface area contributed by atoms with Crippen LogP contribution in [0.2, 0.25) is 0 Å². The number of aliphatic carboxylic acids is 1. The summed E-state index contributed by atoms with van der Waals surface area (Å²) in [4.78, 5) is 25.1. The van der Waals surface area contributed by atoms with Crippen LogP contribution >= 0.6 is 0 Å². The molecular weight excluding hydrogens is 294 g/mol. The Balaban J connectivity index is 2.05. The van der Waals surface area contributed by atoms with E-state index < -0.39 is 5.97 Å². The second-order valence-corrected chi connectivity index (χ2v) is 6.77. The number of hydrogen-bond donors (Lipinski definition) is 1. The molecule has 0 saturated heterocycles. The Hall–Kier alpha value is -2.04.